The highest BCUT2D eigenvalue weighted by Crippen LogP contribution is 2.28. The van der Waals surface area contributed by atoms with Crippen molar-refractivity contribution in [1.82, 2.24) is 0 Å². The number of hydrogen-bond acceptors (Lipinski definition) is 3. The molecule has 0 heterocycles. The van der Waals surface area contributed by atoms with E-state index in [2.05, 4.69) is 10.2 Å². The van der Waals surface area contributed by atoms with Crippen LogP contribution in [0.15, 0.2) is 42.5 Å². The Morgan fingerprint density at radius 3 is 2.12 bits per heavy atom. The van der Waals surface area contributed by atoms with E-state index >= 15 is 0 Å². The summed E-state index contributed by atoms with van der Waals surface area (Å²) in [5, 5.41) is 12.1. The molecule has 0 fully saturated rings. The molecule has 0 aliphatic heterocycles. The molecule has 2 aromatic rings. The number of carbonyl (C=O) groups is 2. The van der Waals surface area contributed by atoms with Crippen LogP contribution in [0.5, 0.6) is 0 Å². The lowest BCUT2D eigenvalue weighted by Gasteiger charge is -2.24. The Bertz CT molecular complexity index is 735. The third-order valence-corrected chi connectivity index (χ3v) is 3.91. The molecule has 0 unspecified atom stereocenters. The Kier molecular flexibility index (Phi) is 5.58. The second-order valence-corrected chi connectivity index (χ2v) is 5.53. The van der Waals surface area contributed by atoms with E-state index in [0.29, 0.717) is 11.3 Å². The van der Waals surface area contributed by atoms with Crippen molar-refractivity contribution in [2.75, 3.05) is 23.3 Å². The van der Waals surface area contributed by atoms with Crippen LogP contribution in [-0.2, 0) is 0 Å². The SMILES string of the molecule is CCN(CC)c1ccc(C(=O)O)cc1NC(=O)c1ccc(C)cc1. The van der Waals surface area contributed by atoms with Crippen molar-refractivity contribution in [3.05, 3.63) is 59.2 Å². The van der Waals surface area contributed by atoms with Crippen LogP contribution in [0.1, 0.15) is 40.1 Å². The number of rotatable bonds is 6. The number of carbonyl (C=O) groups excluding carboxylic acids is 1. The van der Waals surface area contributed by atoms with Gasteiger partial charge in [-0.3, -0.25) is 4.79 Å². The standard InChI is InChI=1S/C19H22N2O3/c1-4-21(5-2)17-11-10-15(19(23)24)12-16(17)20-18(22)14-8-6-13(3)7-9-14/h6-12H,4-5H2,1-3H3,(H,20,22)(H,23,24). The number of carboxylic acids is 1. The number of hydrogen-bond donors (Lipinski definition) is 2. The molecule has 0 aliphatic rings. The lowest BCUT2D eigenvalue weighted by atomic mass is 10.1. The Labute approximate surface area is 141 Å². The lowest BCUT2D eigenvalue weighted by Crippen LogP contribution is -2.24. The zero-order valence-electron chi connectivity index (χ0n) is 14.2. The van der Waals surface area contributed by atoms with Gasteiger partial charge in [0.15, 0.2) is 0 Å². The Hall–Kier alpha value is -2.82. The summed E-state index contributed by atoms with van der Waals surface area (Å²) in [6, 6.07) is 12.0. The summed E-state index contributed by atoms with van der Waals surface area (Å²) in [5.74, 6) is -1.28. The van der Waals surface area contributed by atoms with Crippen molar-refractivity contribution in [2.24, 2.45) is 0 Å². The summed E-state index contributed by atoms with van der Waals surface area (Å²) in [6.45, 7) is 7.50. The molecule has 126 valence electrons. The maximum absolute atomic E-state index is 12.5. The first-order valence-electron chi connectivity index (χ1n) is 7.96. The summed E-state index contributed by atoms with van der Waals surface area (Å²) >= 11 is 0. The Morgan fingerprint density at radius 2 is 1.58 bits per heavy atom. The number of carboxylic acid groups (broad SMARTS) is 1. The molecule has 0 saturated heterocycles. The first-order valence-corrected chi connectivity index (χ1v) is 7.96. The van der Waals surface area contributed by atoms with Crippen LogP contribution >= 0.6 is 0 Å². The number of benzene rings is 2. The zero-order chi connectivity index (χ0) is 17.7. The van der Waals surface area contributed by atoms with Gasteiger partial charge in [0.1, 0.15) is 0 Å². The highest BCUT2D eigenvalue weighted by Gasteiger charge is 2.15. The molecule has 0 aromatic heterocycles. The van der Waals surface area contributed by atoms with Gasteiger partial charge in [0.2, 0.25) is 0 Å². The largest absolute Gasteiger partial charge is 0.478 e. The summed E-state index contributed by atoms with van der Waals surface area (Å²) in [6.07, 6.45) is 0. The number of anilines is 2. The van der Waals surface area contributed by atoms with Crippen LogP contribution in [0.2, 0.25) is 0 Å². The summed E-state index contributed by atoms with van der Waals surface area (Å²) in [5.41, 5.74) is 3.06. The molecule has 5 nitrogen and oxygen atoms in total. The molecule has 0 radical (unpaired) electrons. The highest BCUT2D eigenvalue weighted by atomic mass is 16.4. The van der Waals surface area contributed by atoms with Crippen LogP contribution in [-0.4, -0.2) is 30.1 Å². The molecule has 0 bridgehead atoms. The van der Waals surface area contributed by atoms with Crippen molar-refractivity contribution in [1.29, 1.82) is 0 Å². The summed E-state index contributed by atoms with van der Waals surface area (Å²) in [4.78, 5) is 25.8. The molecular formula is C19H22N2O3. The second kappa shape index (κ2) is 7.64. The third-order valence-electron chi connectivity index (χ3n) is 3.91. The van der Waals surface area contributed by atoms with Gasteiger partial charge in [-0.05, 0) is 51.1 Å². The van der Waals surface area contributed by atoms with Gasteiger partial charge in [0.25, 0.3) is 5.91 Å². The molecule has 0 aliphatic carbocycles. The van der Waals surface area contributed by atoms with Crippen LogP contribution in [0.25, 0.3) is 0 Å². The molecule has 5 heteroatoms. The molecule has 0 saturated carbocycles. The fraction of sp³-hybridized carbons (Fsp3) is 0.263. The number of nitrogens with one attached hydrogen (secondary N) is 1. The maximum Gasteiger partial charge on any atom is 0.335 e. The molecule has 24 heavy (non-hydrogen) atoms. The molecule has 2 rings (SSSR count). The maximum atomic E-state index is 12.5. The van der Waals surface area contributed by atoms with E-state index in [1.807, 2.05) is 32.9 Å². The first kappa shape index (κ1) is 17.5. The van der Waals surface area contributed by atoms with Gasteiger partial charge in [-0.1, -0.05) is 17.7 Å². The highest BCUT2D eigenvalue weighted by molar-refractivity contribution is 6.06. The van der Waals surface area contributed by atoms with Gasteiger partial charge >= 0.3 is 5.97 Å². The monoisotopic (exact) mass is 326 g/mol. The normalized spacial score (nSPS) is 10.3. The fourth-order valence-electron chi connectivity index (χ4n) is 2.51. The predicted molar refractivity (Wildman–Crippen MR) is 96.1 cm³/mol. The topological polar surface area (TPSA) is 69.6 Å². The molecule has 0 atom stereocenters. The molecule has 0 spiro atoms. The van der Waals surface area contributed by atoms with E-state index < -0.39 is 5.97 Å². The number of aryl methyl sites for hydroxylation is 1. The Balaban J connectivity index is 2.38. The summed E-state index contributed by atoms with van der Waals surface area (Å²) in [7, 11) is 0. The average Bonchev–Trinajstić information content (AvgIpc) is 2.57. The van der Waals surface area contributed by atoms with Crippen molar-refractivity contribution < 1.29 is 14.7 Å². The lowest BCUT2D eigenvalue weighted by molar-refractivity contribution is 0.0696. The minimum atomic E-state index is -1.02. The first-order chi connectivity index (χ1) is 11.5. The van der Waals surface area contributed by atoms with Gasteiger partial charge in [-0.15, -0.1) is 0 Å². The smallest absolute Gasteiger partial charge is 0.335 e. The number of amides is 1. The van der Waals surface area contributed by atoms with Crippen molar-refractivity contribution in [3.63, 3.8) is 0 Å². The molecule has 2 N–H and O–H groups in total. The third kappa shape index (κ3) is 3.93. The number of nitrogens with zero attached hydrogens (tertiary/aromatic N) is 1. The van der Waals surface area contributed by atoms with Crippen LogP contribution in [0, 0.1) is 6.92 Å². The van der Waals surface area contributed by atoms with Gasteiger partial charge < -0.3 is 15.3 Å². The van der Waals surface area contributed by atoms with Crippen molar-refractivity contribution in [3.8, 4) is 0 Å². The molecular weight excluding hydrogens is 304 g/mol. The van der Waals surface area contributed by atoms with E-state index in [1.165, 1.54) is 6.07 Å². The fourth-order valence-corrected chi connectivity index (χ4v) is 2.51. The second-order valence-electron chi connectivity index (χ2n) is 5.53. The van der Waals surface area contributed by atoms with E-state index in [-0.39, 0.29) is 11.5 Å². The quantitative estimate of drug-likeness (QED) is 0.847. The van der Waals surface area contributed by atoms with Gasteiger partial charge in [-0.25, -0.2) is 4.79 Å². The van der Waals surface area contributed by atoms with Crippen LogP contribution < -0.4 is 10.2 Å². The van der Waals surface area contributed by atoms with Gasteiger partial charge in [-0.2, -0.15) is 0 Å². The molecule has 2 aromatic carbocycles. The van der Waals surface area contributed by atoms with Crippen molar-refractivity contribution >= 4 is 23.3 Å². The van der Waals surface area contributed by atoms with E-state index in [0.717, 1.165) is 24.3 Å². The van der Waals surface area contributed by atoms with E-state index in [1.54, 1.807) is 24.3 Å². The van der Waals surface area contributed by atoms with Gasteiger partial charge in [0, 0.05) is 18.7 Å². The van der Waals surface area contributed by atoms with Gasteiger partial charge in [0.05, 0.1) is 16.9 Å². The van der Waals surface area contributed by atoms with Crippen LogP contribution in [0.3, 0.4) is 0 Å². The van der Waals surface area contributed by atoms with E-state index in [9.17, 15) is 14.7 Å². The van der Waals surface area contributed by atoms with Crippen molar-refractivity contribution in [2.45, 2.75) is 20.8 Å². The average molecular weight is 326 g/mol. The van der Waals surface area contributed by atoms with Crippen LogP contribution in [0.4, 0.5) is 11.4 Å². The number of aromatic carboxylic acids is 1. The van der Waals surface area contributed by atoms with E-state index in [4.69, 9.17) is 0 Å². The Morgan fingerprint density at radius 1 is 1.00 bits per heavy atom. The minimum Gasteiger partial charge on any atom is -0.478 e. The molecule has 1 amide bonds. The summed E-state index contributed by atoms with van der Waals surface area (Å²) < 4.78 is 0. The predicted octanol–water partition coefficient (Wildman–Crippen LogP) is 3.79. The minimum absolute atomic E-state index is 0.144. The zero-order valence-corrected chi connectivity index (χ0v) is 14.2.